The van der Waals surface area contributed by atoms with Gasteiger partial charge in [0.15, 0.2) is 0 Å². The van der Waals surface area contributed by atoms with Crippen LogP contribution in [-0.4, -0.2) is 49.1 Å². The molecule has 0 bridgehead atoms. The number of nitrogens with one attached hydrogen (secondary N) is 2. The smallest absolute Gasteiger partial charge is 0.237 e. The topological polar surface area (TPSA) is 44.4 Å². The number of carbonyl (C=O) groups is 1. The molecule has 2 N–H and O–H groups in total. The van der Waals surface area contributed by atoms with Crippen molar-refractivity contribution in [2.45, 2.75) is 50.6 Å². The van der Waals surface area contributed by atoms with Crippen LogP contribution in [0.25, 0.3) is 0 Å². The van der Waals surface area contributed by atoms with E-state index in [0.29, 0.717) is 6.04 Å². The van der Waals surface area contributed by atoms with E-state index in [4.69, 9.17) is 0 Å². The Hall–Kier alpha value is -0.610. The molecule has 18 heavy (non-hydrogen) atoms. The summed E-state index contributed by atoms with van der Waals surface area (Å²) in [5.41, 5.74) is 0. The fourth-order valence-corrected chi connectivity index (χ4v) is 3.33. The molecule has 0 aromatic rings. The van der Waals surface area contributed by atoms with Crippen LogP contribution in [0.3, 0.4) is 0 Å². The molecule has 4 heteroatoms. The van der Waals surface area contributed by atoms with Crippen molar-refractivity contribution in [3.63, 3.8) is 0 Å². The van der Waals surface area contributed by atoms with Crippen LogP contribution in [0, 0.1) is 5.92 Å². The van der Waals surface area contributed by atoms with Gasteiger partial charge in [-0.25, -0.2) is 0 Å². The molecule has 102 valence electrons. The molecule has 1 unspecified atom stereocenters. The molecule has 2 heterocycles. The number of amides is 1. The van der Waals surface area contributed by atoms with Crippen LogP contribution in [0.2, 0.25) is 0 Å². The summed E-state index contributed by atoms with van der Waals surface area (Å²) in [4.78, 5) is 14.7. The average Bonchev–Trinajstić information content (AvgIpc) is 3.11. The molecule has 3 aliphatic rings. The van der Waals surface area contributed by atoms with Gasteiger partial charge < -0.3 is 10.6 Å². The number of piperidine rings is 1. The molecule has 1 saturated carbocycles. The quantitative estimate of drug-likeness (QED) is 0.774. The predicted molar refractivity (Wildman–Crippen MR) is 71.4 cm³/mol. The van der Waals surface area contributed by atoms with Crippen molar-refractivity contribution in [1.82, 2.24) is 15.5 Å². The summed E-state index contributed by atoms with van der Waals surface area (Å²) in [5, 5.41) is 6.56. The first-order valence-corrected chi connectivity index (χ1v) is 7.59. The van der Waals surface area contributed by atoms with Crippen molar-refractivity contribution in [2.75, 3.05) is 26.2 Å². The van der Waals surface area contributed by atoms with E-state index in [1.54, 1.807) is 0 Å². The second-order valence-electron chi connectivity index (χ2n) is 6.07. The third-order valence-corrected chi connectivity index (χ3v) is 4.64. The van der Waals surface area contributed by atoms with Crippen LogP contribution < -0.4 is 10.6 Å². The SMILES string of the molecule is O=C(NCC1CC1)C1CCCN1C1CCNCC1. The van der Waals surface area contributed by atoms with E-state index in [1.807, 2.05) is 0 Å². The van der Waals surface area contributed by atoms with Gasteiger partial charge in [-0.05, 0) is 64.1 Å². The van der Waals surface area contributed by atoms with Crippen LogP contribution in [0.4, 0.5) is 0 Å². The monoisotopic (exact) mass is 251 g/mol. The number of hydrogen-bond acceptors (Lipinski definition) is 3. The molecule has 3 fully saturated rings. The third-order valence-electron chi connectivity index (χ3n) is 4.64. The van der Waals surface area contributed by atoms with Crippen LogP contribution in [0.15, 0.2) is 0 Å². The number of hydrogen-bond donors (Lipinski definition) is 2. The lowest BCUT2D eigenvalue weighted by Crippen LogP contribution is -2.50. The number of rotatable bonds is 4. The van der Waals surface area contributed by atoms with Crippen molar-refractivity contribution in [2.24, 2.45) is 5.92 Å². The largest absolute Gasteiger partial charge is 0.354 e. The van der Waals surface area contributed by atoms with Crippen molar-refractivity contribution in [1.29, 1.82) is 0 Å². The van der Waals surface area contributed by atoms with Crippen LogP contribution in [0.5, 0.6) is 0 Å². The van der Waals surface area contributed by atoms with Gasteiger partial charge in [0, 0.05) is 12.6 Å². The number of likely N-dealkylation sites (tertiary alicyclic amines) is 1. The highest BCUT2D eigenvalue weighted by Crippen LogP contribution is 2.28. The van der Waals surface area contributed by atoms with Gasteiger partial charge in [-0.2, -0.15) is 0 Å². The first-order chi connectivity index (χ1) is 8.84. The summed E-state index contributed by atoms with van der Waals surface area (Å²) in [6.07, 6.45) is 7.26. The Bertz CT molecular complexity index is 297. The highest BCUT2D eigenvalue weighted by atomic mass is 16.2. The third kappa shape index (κ3) is 2.86. The van der Waals surface area contributed by atoms with E-state index in [2.05, 4.69) is 15.5 Å². The molecular weight excluding hydrogens is 226 g/mol. The molecular formula is C14H25N3O. The highest BCUT2D eigenvalue weighted by molar-refractivity contribution is 5.82. The van der Waals surface area contributed by atoms with Crippen molar-refractivity contribution >= 4 is 5.91 Å². The Labute approximate surface area is 109 Å². The summed E-state index contributed by atoms with van der Waals surface area (Å²) in [6, 6.07) is 0.789. The summed E-state index contributed by atoms with van der Waals surface area (Å²) < 4.78 is 0. The summed E-state index contributed by atoms with van der Waals surface area (Å²) >= 11 is 0. The maximum absolute atomic E-state index is 12.3. The minimum Gasteiger partial charge on any atom is -0.354 e. The molecule has 0 aromatic heterocycles. The Morgan fingerprint density at radius 2 is 1.94 bits per heavy atom. The van der Waals surface area contributed by atoms with E-state index < -0.39 is 0 Å². The Balaban J connectivity index is 1.53. The Morgan fingerprint density at radius 3 is 2.67 bits per heavy atom. The van der Waals surface area contributed by atoms with Crippen molar-refractivity contribution in [3.05, 3.63) is 0 Å². The van der Waals surface area contributed by atoms with Gasteiger partial charge in [-0.1, -0.05) is 0 Å². The first kappa shape index (κ1) is 12.4. The second kappa shape index (κ2) is 5.57. The average molecular weight is 251 g/mol. The lowest BCUT2D eigenvalue weighted by atomic mass is 10.0. The molecule has 0 radical (unpaired) electrons. The van der Waals surface area contributed by atoms with Crippen LogP contribution >= 0.6 is 0 Å². The highest BCUT2D eigenvalue weighted by Gasteiger charge is 2.36. The molecule has 3 rings (SSSR count). The molecule has 1 atom stereocenters. The Kier molecular flexibility index (Phi) is 3.85. The van der Waals surface area contributed by atoms with Gasteiger partial charge in [0.1, 0.15) is 0 Å². The minimum atomic E-state index is 0.159. The lowest BCUT2D eigenvalue weighted by Gasteiger charge is -2.35. The lowest BCUT2D eigenvalue weighted by molar-refractivity contribution is -0.126. The normalized spacial score (nSPS) is 30.6. The van der Waals surface area contributed by atoms with Crippen molar-refractivity contribution in [3.8, 4) is 0 Å². The van der Waals surface area contributed by atoms with Gasteiger partial charge in [0.25, 0.3) is 0 Å². The molecule has 0 aromatic carbocycles. The van der Waals surface area contributed by atoms with Gasteiger partial charge in [0.2, 0.25) is 5.91 Å². The van der Waals surface area contributed by atoms with Gasteiger partial charge in [0.05, 0.1) is 6.04 Å². The molecule has 4 nitrogen and oxygen atoms in total. The van der Waals surface area contributed by atoms with E-state index in [-0.39, 0.29) is 11.9 Å². The summed E-state index contributed by atoms with van der Waals surface area (Å²) in [7, 11) is 0. The van der Waals surface area contributed by atoms with E-state index in [9.17, 15) is 4.79 Å². The molecule has 0 spiro atoms. The van der Waals surface area contributed by atoms with E-state index in [0.717, 1.165) is 38.5 Å². The molecule has 2 aliphatic heterocycles. The van der Waals surface area contributed by atoms with Gasteiger partial charge in [-0.15, -0.1) is 0 Å². The fourth-order valence-electron chi connectivity index (χ4n) is 3.33. The number of carbonyl (C=O) groups excluding carboxylic acids is 1. The van der Waals surface area contributed by atoms with Gasteiger partial charge in [-0.3, -0.25) is 9.69 Å². The van der Waals surface area contributed by atoms with E-state index >= 15 is 0 Å². The maximum Gasteiger partial charge on any atom is 0.237 e. The van der Waals surface area contributed by atoms with Crippen LogP contribution in [-0.2, 0) is 4.79 Å². The van der Waals surface area contributed by atoms with Gasteiger partial charge >= 0.3 is 0 Å². The Morgan fingerprint density at radius 1 is 1.17 bits per heavy atom. The summed E-state index contributed by atoms with van der Waals surface area (Å²) in [5.74, 6) is 1.07. The first-order valence-electron chi connectivity index (χ1n) is 7.59. The zero-order chi connectivity index (χ0) is 12.4. The zero-order valence-corrected chi connectivity index (χ0v) is 11.2. The number of nitrogens with zero attached hydrogens (tertiary/aromatic N) is 1. The summed E-state index contributed by atoms with van der Waals surface area (Å²) in [6.45, 7) is 4.25. The van der Waals surface area contributed by atoms with Crippen molar-refractivity contribution < 1.29 is 4.79 Å². The molecule has 1 amide bonds. The second-order valence-corrected chi connectivity index (χ2v) is 6.07. The van der Waals surface area contributed by atoms with Crippen LogP contribution in [0.1, 0.15) is 38.5 Å². The minimum absolute atomic E-state index is 0.159. The molecule has 2 saturated heterocycles. The standard InChI is InChI=1S/C14H25N3O/c18-14(16-10-11-3-4-11)13-2-1-9-17(13)12-5-7-15-8-6-12/h11-13,15H,1-10H2,(H,16,18). The predicted octanol–water partition coefficient (Wildman–Crippen LogP) is 0.729. The maximum atomic E-state index is 12.3. The fraction of sp³-hybridized carbons (Fsp3) is 0.929. The zero-order valence-electron chi connectivity index (χ0n) is 11.2. The van der Waals surface area contributed by atoms with E-state index in [1.165, 1.54) is 32.1 Å². The molecule has 1 aliphatic carbocycles.